The van der Waals surface area contributed by atoms with E-state index in [2.05, 4.69) is 23.3 Å². The quantitative estimate of drug-likeness (QED) is 0.738. The first-order valence-corrected chi connectivity index (χ1v) is 10.7. The monoisotopic (exact) mass is 384 g/mol. The van der Waals surface area contributed by atoms with Crippen LogP contribution >= 0.6 is 0 Å². The number of methoxy groups -OCH3 is 1. The minimum Gasteiger partial charge on any atom is -0.497 e. The summed E-state index contributed by atoms with van der Waals surface area (Å²) in [5.41, 5.74) is 3.15. The Morgan fingerprint density at radius 3 is 2.56 bits per heavy atom. The maximum absolute atomic E-state index is 13.1. The van der Waals surface area contributed by atoms with E-state index in [0.717, 1.165) is 18.4 Å². The van der Waals surface area contributed by atoms with Crippen molar-refractivity contribution in [2.24, 2.45) is 0 Å². The van der Waals surface area contributed by atoms with Crippen LogP contribution in [-0.4, -0.2) is 37.9 Å². The van der Waals surface area contributed by atoms with Gasteiger partial charge in [-0.3, -0.25) is 0 Å². The molecule has 5 nitrogen and oxygen atoms in total. The zero-order valence-corrected chi connectivity index (χ0v) is 16.4. The van der Waals surface area contributed by atoms with E-state index in [9.17, 15) is 8.42 Å². The Morgan fingerprint density at radius 2 is 1.85 bits per heavy atom. The largest absolute Gasteiger partial charge is 0.497 e. The van der Waals surface area contributed by atoms with Gasteiger partial charge in [0.1, 0.15) is 5.75 Å². The number of rotatable bonds is 4. The fourth-order valence-corrected chi connectivity index (χ4v) is 5.69. The number of aromatic amines is 1. The van der Waals surface area contributed by atoms with Gasteiger partial charge in [0.25, 0.3) is 0 Å². The number of nitrogens with zero attached hydrogens (tertiary/aromatic N) is 1. The Balaban J connectivity index is 1.53. The first-order valence-electron chi connectivity index (χ1n) is 9.21. The van der Waals surface area contributed by atoms with Crippen molar-refractivity contribution in [3.05, 3.63) is 59.8 Å². The number of hydrogen-bond acceptors (Lipinski definition) is 3. The lowest BCUT2D eigenvalue weighted by Gasteiger charge is -2.31. The molecular weight excluding hydrogens is 360 g/mol. The van der Waals surface area contributed by atoms with Crippen LogP contribution in [0.3, 0.4) is 0 Å². The Hall–Kier alpha value is -2.31. The molecule has 27 heavy (non-hydrogen) atoms. The Bertz CT molecular complexity index is 1060. The third-order valence-corrected chi connectivity index (χ3v) is 7.57. The molecule has 142 valence electrons. The van der Waals surface area contributed by atoms with Crippen LogP contribution in [0.2, 0.25) is 0 Å². The molecule has 0 atom stereocenters. The number of piperidine rings is 1. The molecule has 1 saturated heterocycles. The molecule has 0 radical (unpaired) electrons. The second-order valence-corrected chi connectivity index (χ2v) is 9.01. The van der Waals surface area contributed by atoms with Crippen LogP contribution < -0.4 is 4.74 Å². The lowest BCUT2D eigenvalue weighted by Crippen LogP contribution is -2.38. The van der Waals surface area contributed by atoms with Crippen LogP contribution in [-0.2, 0) is 10.0 Å². The highest BCUT2D eigenvalue weighted by Gasteiger charge is 2.31. The van der Waals surface area contributed by atoms with Gasteiger partial charge < -0.3 is 9.72 Å². The summed E-state index contributed by atoms with van der Waals surface area (Å²) in [5, 5.41) is 1.24. The highest BCUT2D eigenvalue weighted by Crippen LogP contribution is 2.35. The van der Waals surface area contributed by atoms with E-state index in [4.69, 9.17) is 4.74 Å². The van der Waals surface area contributed by atoms with Crippen LogP contribution in [0.25, 0.3) is 10.9 Å². The third-order valence-electron chi connectivity index (χ3n) is 5.51. The first-order chi connectivity index (χ1) is 13.0. The molecule has 1 aliphatic rings. The molecule has 0 saturated carbocycles. The van der Waals surface area contributed by atoms with Crippen molar-refractivity contribution in [2.75, 3.05) is 20.2 Å². The lowest BCUT2D eigenvalue weighted by atomic mass is 9.90. The molecule has 0 aliphatic carbocycles. The Morgan fingerprint density at radius 1 is 1.11 bits per heavy atom. The fraction of sp³-hybridized carbons (Fsp3) is 0.333. The van der Waals surface area contributed by atoms with E-state index in [-0.39, 0.29) is 0 Å². The topological polar surface area (TPSA) is 62.4 Å². The number of benzene rings is 2. The molecule has 1 aromatic heterocycles. The van der Waals surface area contributed by atoms with Gasteiger partial charge in [0.15, 0.2) is 0 Å². The van der Waals surface area contributed by atoms with Crippen molar-refractivity contribution in [1.29, 1.82) is 0 Å². The van der Waals surface area contributed by atoms with Crippen LogP contribution in [0.4, 0.5) is 0 Å². The molecule has 0 bridgehead atoms. The second-order valence-electron chi connectivity index (χ2n) is 7.10. The normalized spacial score (nSPS) is 16.7. The number of fused-ring (bicyclic) bond motifs is 1. The molecule has 0 unspecified atom stereocenters. The Kier molecular flexibility index (Phi) is 4.70. The summed E-state index contributed by atoms with van der Waals surface area (Å²) < 4.78 is 33.0. The zero-order chi connectivity index (χ0) is 19.0. The van der Waals surface area contributed by atoms with Crippen LogP contribution in [0.5, 0.6) is 5.75 Å². The molecule has 1 N–H and O–H groups in total. The van der Waals surface area contributed by atoms with E-state index in [1.165, 1.54) is 10.9 Å². The van der Waals surface area contributed by atoms with Gasteiger partial charge in [-0.05, 0) is 61.1 Å². The molecule has 1 aliphatic heterocycles. The summed E-state index contributed by atoms with van der Waals surface area (Å²) in [4.78, 5) is 3.70. The first kappa shape index (κ1) is 18.1. The molecular formula is C21H24N2O3S. The molecule has 2 aromatic carbocycles. The lowest BCUT2D eigenvalue weighted by molar-refractivity contribution is 0.320. The average molecular weight is 385 g/mol. The number of sulfonamides is 1. The SMILES string of the molecule is COc1ccc(S(=O)(=O)N2CCC(c3c[nH]c4ccccc34)CC2)c(C)c1. The summed E-state index contributed by atoms with van der Waals surface area (Å²) in [6.07, 6.45) is 3.74. The number of nitrogens with one attached hydrogen (secondary N) is 1. The molecule has 0 spiro atoms. The van der Waals surface area contributed by atoms with Gasteiger partial charge in [-0.2, -0.15) is 4.31 Å². The van der Waals surface area contributed by atoms with E-state index in [0.29, 0.717) is 35.2 Å². The standard InChI is InChI=1S/C21H24N2O3S/c1-15-13-17(26-2)7-8-21(15)27(24,25)23-11-9-16(10-12-23)19-14-22-20-6-4-3-5-18(19)20/h3-8,13-14,16,22H,9-12H2,1-2H3. The van der Waals surface area contributed by atoms with Crippen molar-refractivity contribution in [2.45, 2.75) is 30.6 Å². The van der Waals surface area contributed by atoms with Crippen LogP contribution in [0.1, 0.15) is 29.9 Å². The highest BCUT2D eigenvalue weighted by atomic mass is 32.2. The number of H-pyrrole nitrogens is 1. The summed E-state index contributed by atoms with van der Waals surface area (Å²) in [6.45, 7) is 2.89. The number of aryl methyl sites for hydroxylation is 1. The smallest absolute Gasteiger partial charge is 0.243 e. The van der Waals surface area contributed by atoms with Crippen molar-refractivity contribution < 1.29 is 13.2 Å². The van der Waals surface area contributed by atoms with Gasteiger partial charge >= 0.3 is 0 Å². The number of para-hydroxylation sites is 1. The maximum Gasteiger partial charge on any atom is 0.243 e. The maximum atomic E-state index is 13.1. The van der Waals surface area contributed by atoms with Crippen molar-refractivity contribution >= 4 is 20.9 Å². The highest BCUT2D eigenvalue weighted by molar-refractivity contribution is 7.89. The molecule has 1 fully saturated rings. The second kappa shape index (κ2) is 7.02. The summed E-state index contributed by atoms with van der Waals surface area (Å²) in [7, 11) is -1.90. The summed E-state index contributed by atoms with van der Waals surface area (Å²) >= 11 is 0. The molecule has 6 heteroatoms. The minimum atomic E-state index is -3.48. The average Bonchev–Trinajstić information content (AvgIpc) is 3.12. The van der Waals surface area contributed by atoms with E-state index >= 15 is 0 Å². The summed E-state index contributed by atoms with van der Waals surface area (Å²) in [6, 6.07) is 13.4. The molecule has 2 heterocycles. The van der Waals surface area contributed by atoms with Gasteiger partial charge in [-0.15, -0.1) is 0 Å². The van der Waals surface area contributed by atoms with E-state index in [1.807, 2.05) is 19.1 Å². The summed E-state index contributed by atoms with van der Waals surface area (Å²) in [5.74, 6) is 1.05. The van der Waals surface area contributed by atoms with Gasteiger partial charge in [-0.1, -0.05) is 18.2 Å². The third kappa shape index (κ3) is 3.24. The number of hydrogen-bond donors (Lipinski definition) is 1. The number of ether oxygens (including phenoxy) is 1. The zero-order valence-electron chi connectivity index (χ0n) is 15.6. The molecule has 0 amide bonds. The predicted molar refractivity (Wildman–Crippen MR) is 107 cm³/mol. The van der Waals surface area contributed by atoms with Gasteiger partial charge in [0.05, 0.1) is 12.0 Å². The van der Waals surface area contributed by atoms with Crippen LogP contribution in [0, 0.1) is 6.92 Å². The fourth-order valence-electron chi connectivity index (χ4n) is 4.02. The minimum absolute atomic E-state index is 0.369. The van der Waals surface area contributed by atoms with Gasteiger partial charge in [-0.25, -0.2) is 8.42 Å². The molecule has 4 rings (SSSR count). The van der Waals surface area contributed by atoms with E-state index in [1.54, 1.807) is 29.6 Å². The van der Waals surface area contributed by atoms with Crippen molar-refractivity contribution in [1.82, 2.24) is 9.29 Å². The predicted octanol–water partition coefficient (Wildman–Crippen LogP) is 4.05. The molecule has 3 aromatic rings. The van der Waals surface area contributed by atoms with Crippen molar-refractivity contribution in [3.63, 3.8) is 0 Å². The Labute approximate surface area is 160 Å². The van der Waals surface area contributed by atoms with E-state index < -0.39 is 10.0 Å². The van der Waals surface area contributed by atoms with Crippen molar-refractivity contribution in [3.8, 4) is 5.75 Å². The van der Waals surface area contributed by atoms with Crippen LogP contribution in [0.15, 0.2) is 53.6 Å². The van der Waals surface area contributed by atoms with Gasteiger partial charge in [0, 0.05) is 30.2 Å². The number of aromatic nitrogens is 1. The van der Waals surface area contributed by atoms with Gasteiger partial charge in [0.2, 0.25) is 10.0 Å².